The lowest BCUT2D eigenvalue weighted by Crippen LogP contribution is -2.11. The van der Waals surface area contributed by atoms with Crippen LogP contribution in [0.4, 0.5) is 0 Å². The summed E-state index contributed by atoms with van der Waals surface area (Å²) in [5, 5.41) is 20.7. The van der Waals surface area contributed by atoms with Crippen LogP contribution >= 0.6 is 0 Å². The van der Waals surface area contributed by atoms with Crippen LogP contribution in [0.25, 0.3) is 5.57 Å². The predicted octanol–water partition coefficient (Wildman–Crippen LogP) is 0.783. The molecule has 1 N–H and O–H groups in total. The van der Waals surface area contributed by atoms with Gasteiger partial charge in [-0.2, -0.15) is 0 Å². The lowest BCUT2D eigenvalue weighted by molar-refractivity contribution is -0.295. The number of aliphatic hydroxyl groups is 1. The average molecular weight is 187 g/mol. The molecule has 70 valence electrons. The molecular formula is C11H7O3-. The second-order valence-corrected chi connectivity index (χ2v) is 2.96. The Bertz CT molecular complexity index is 441. The third-order valence-electron chi connectivity index (χ3n) is 2.04. The zero-order valence-corrected chi connectivity index (χ0v) is 7.23. The Hall–Kier alpha value is -2.03. The Labute approximate surface area is 80.6 Å². The summed E-state index contributed by atoms with van der Waals surface area (Å²) in [5.74, 6) is -1.55. The molecule has 0 radical (unpaired) electrons. The van der Waals surface area contributed by atoms with E-state index >= 15 is 0 Å². The van der Waals surface area contributed by atoms with Gasteiger partial charge in [-0.1, -0.05) is 30.3 Å². The van der Waals surface area contributed by atoms with Crippen LogP contribution in [-0.2, 0) is 4.79 Å². The summed E-state index contributed by atoms with van der Waals surface area (Å²) in [6, 6.07) is 8.63. The van der Waals surface area contributed by atoms with E-state index in [9.17, 15) is 15.0 Å². The highest BCUT2D eigenvalue weighted by molar-refractivity contribution is 6.14. The average Bonchev–Trinajstić information content (AvgIpc) is 2.43. The quantitative estimate of drug-likeness (QED) is 0.706. The van der Waals surface area contributed by atoms with E-state index in [4.69, 9.17) is 0 Å². The van der Waals surface area contributed by atoms with Gasteiger partial charge in [0.05, 0.1) is 0 Å². The molecule has 0 amide bonds. The first-order chi connectivity index (χ1) is 6.70. The van der Waals surface area contributed by atoms with E-state index in [1.54, 1.807) is 30.3 Å². The molecule has 0 unspecified atom stereocenters. The lowest BCUT2D eigenvalue weighted by atomic mass is 10.1. The van der Waals surface area contributed by atoms with Crippen molar-refractivity contribution < 1.29 is 15.0 Å². The fourth-order valence-corrected chi connectivity index (χ4v) is 1.39. The molecule has 0 fully saturated rings. The maximum atomic E-state index is 11.3. The number of allylic oxidation sites excluding steroid dienone is 2. The van der Waals surface area contributed by atoms with Gasteiger partial charge in [0.2, 0.25) is 0 Å². The molecule has 3 nitrogen and oxygen atoms in total. The van der Waals surface area contributed by atoms with E-state index in [-0.39, 0.29) is 11.3 Å². The van der Waals surface area contributed by atoms with Crippen LogP contribution in [0.3, 0.4) is 0 Å². The summed E-state index contributed by atoms with van der Waals surface area (Å²) in [7, 11) is 0. The number of hydrogen-bond donors (Lipinski definition) is 1. The van der Waals surface area contributed by atoms with E-state index in [2.05, 4.69) is 0 Å². The molecule has 0 heterocycles. The van der Waals surface area contributed by atoms with Crippen molar-refractivity contribution in [3.8, 4) is 0 Å². The fraction of sp³-hybridized carbons (Fsp3) is 0. The second kappa shape index (κ2) is 3.03. The third kappa shape index (κ3) is 1.19. The molecule has 0 spiro atoms. The van der Waals surface area contributed by atoms with Crippen molar-refractivity contribution in [2.24, 2.45) is 0 Å². The Balaban J connectivity index is 2.56. The van der Waals surface area contributed by atoms with Gasteiger partial charge in [-0.25, -0.2) is 0 Å². The molecule has 3 heteroatoms. The van der Waals surface area contributed by atoms with E-state index in [0.717, 1.165) is 6.08 Å². The number of aliphatic hydroxyl groups excluding tert-OH is 1. The first-order valence-electron chi connectivity index (χ1n) is 4.12. The molecule has 14 heavy (non-hydrogen) atoms. The van der Waals surface area contributed by atoms with Crippen LogP contribution < -0.4 is 5.11 Å². The molecular weight excluding hydrogens is 180 g/mol. The Morgan fingerprint density at radius 3 is 2.29 bits per heavy atom. The monoisotopic (exact) mass is 187 g/mol. The van der Waals surface area contributed by atoms with Gasteiger partial charge >= 0.3 is 0 Å². The summed E-state index contributed by atoms with van der Waals surface area (Å²) in [5.41, 5.74) is 0.660. The molecule has 0 saturated heterocycles. The number of hydrogen-bond acceptors (Lipinski definition) is 3. The standard InChI is InChI=1S/C11H8O3/c12-8-6-9(13)11(14)10(8)7-4-2-1-3-5-7/h1-6,12H,(H,13,14)/p-1. The van der Waals surface area contributed by atoms with Crippen molar-refractivity contribution in [1.82, 2.24) is 0 Å². The Morgan fingerprint density at radius 2 is 1.79 bits per heavy atom. The largest absolute Gasteiger partial charge is 0.869 e. The van der Waals surface area contributed by atoms with Gasteiger partial charge in [-0.05, 0) is 11.3 Å². The van der Waals surface area contributed by atoms with Gasteiger partial charge in [0.15, 0.2) is 5.78 Å². The summed E-state index contributed by atoms with van der Waals surface area (Å²) in [4.78, 5) is 11.0. The van der Waals surface area contributed by atoms with Crippen LogP contribution in [0, 0.1) is 0 Å². The van der Waals surface area contributed by atoms with Gasteiger partial charge < -0.3 is 10.2 Å². The molecule has 1 aromatic carbocycles. The van der Waals surface area contributed by atoms with E-state index in [1.165, 1.54) is 0 Å². The molecule has 1 aliphatic rings. The van der Waals surface area contributed by atoms with Crippen LogP contribution in [0.15, 0.2) is 47.9 Å². The van der Waals surface area contributed by atoms with E-state index in [0.29, 0.717) is 5.56 Å². The number of rotatable bonds is 1. The first-order valence-corrected chi connectivity index (χ1v) is 4.12. The van der Waals surface area contributed by atoms with E-state index in [1.807, 2.05) is 0 Å². The molecule has 1 aromatic rings. The van der Waals surface area contributed by atoms with Crippen LogP contribution in [0.1, 0.15) is 5.56 Å². The fourth-order valence-electron chi connectivity index (χ4n) is 1.39. The SMILES string of the molecule is O=C1C=C(O)C(c2ccccc2)=C1[O-]. The molecule has 0 atom stereocenters. The van der Waals surface area contributed by atoms with Crippen LogP contribution in [0.2, 0.25) is 0 Å². The topological polar surface area (TPSA) is 60.4 Å². The minimum Gasteiger partial charge on any atom is -0.869 e. The van der Waals surface area contributed by atoms with Gasteiger partial charge in [0.1, 0.15) is 5.76 Å². The van der Waals surface area contributed by atoms with Gasteiger partial charge in [0, 0.05) is 11.6 Å². The first kappa shape index (κ1) is 8.56. The molecule has 1 aliphatic carbocycles. The molecule has 0 aliphatic heterocycles. The van der Waals surface area contributed by atoms with Gasteiger partial charge in [0.25, 0.3) is 0 Å². The number of carbonyl (C=O) groups is 1. The summed E-state index contributed by atoms with van der Waals surface area (Å²) >= 11 is 0. The van der Waals surface area contributed by atoms with Crippen LogP contribution in [0.5, 0.6) is 0 Å². The minimum absolute atomic E-state index is 0.0931. The zero-order chi connectivity index (χ0) is 10.1. The van der Waals surface area contributed by atoms with Crippen molar-refractivity contribution in [3.63, 3.8) is 0 Å². The number of benzene rings is 1. The smallest absolute Gasteiger partial charge is 0.175 e. The number of ketones is 1. The Kier molecular flexibility index (Phi) is 1.85. The third-order valence-corrected chi connectivity index (χ3v) is 2.04. The lowest BCUT2D eigenvalue weighted by Gasteiger charge is -2.10. The predicted molar refractivity (Wildman–Crippen MR) is 49.1 cm³/mol. The highest BCUT2D eigenvalue weighted by atomic mass is 16.3. The Morgan fingerprint density at radius 1 is 1.14 bits per heavy atom. The maximum absolute atomic E-state index is 11.3. The molecule has 2 rings (SSSR count). The van der Waals surface area contributed by atoms with E-state index < -0.39 is 11.5 Å². The van der Waals surface area contributed by atoms with Crippen molar-refractivity contribution in [3.05, 3.63) is 53.5 Å². The minimum atomic E-state index is -0.665. The van der Waals surface area contributed by atoms with Crippen LogP contribution in [-0.4, -0.2) is 10.9 Å². The molecule has 0 saturated carbocycles. The highest BCUT2D eigenvalue weighted by Gasteiger charge is 2.18. The summed E-state index contributed by atoms with van der Waals surface area (Å²) in [6.45, 7) is 0. The number of carbonyl (C=O) groups excluding carboxylic acids is 1. The maximum Gasteiger partial charge on any atom is 0.175 e. The molecule has 0 bridgehead atoms. The summed E-state index contributed by atoms with van der Waals surface area (Å²) in [6.07, 6.45) is 0.949. The van der Waals surface area contributed by atoms with Gasteiger partial charge in [-0.15, -0.1) is 0 Å². The van der Waals surface area contributed by atoms with Crippen molar-refractivity contribution >= 4 is 11.4 Å². The highest BCUT2D eigenvalue weighted by Crippen LogP contribution is 2.27. The molecule has 0 aromatic heterocycles. The second-order valence-electron chi connectivity index (χ2n) is 2.96. The van der Waals surface area contributed by atoms with Crippen molar-refractivity contribution in [1.29, 1.82) is 0 Å². The zero-order valence-electron chi connectivity index (χ0n) is 7.23. The van der Waals surface area contributed by atoms with Crippen molar-refractivity contribution in [2.75, 3.05) is 0 Å². The normalized spacial score (nSPS) is 16.0. The van der Waals surface area contributed by atoms with Crippen molar-refractivity contribution in [2.45, 2.75) is 0 Å². The summed E-state index contributed by atoms with van der Waals surface area (Å²) < 4.78 is 0. The van der Waals surface area contributed by atoms with Gasteiger partial charge in [-0.3, -0.25) is 4.79 Å².